The molecule has 0 saturated carbocycles. The Kier molecular flexibility index (Phi) is 6.73. The molecule has 1 aliphatic heterocycles. The molecule has 1 aromatic carbocycles. The van der Waals surface area contributed by atoms with E-state index in [1.807, 2.05) is 0 Å². The second-order valence-electron chi connectivity index (χ2n) is 7.40. The molecule has 2 rings (SSSR count). The lowest BCUT2D eigenvalue weighted by Gasteiger charge is -2.42. The molecule has 0 radical (unpaired) electrons. The molecule has 0 amide bonds. The van der Waals surface area contributed by atoms with E-state index in [9.17, 15) is 5.11 Å². The first-order valence-electron chi connectivity index (χ1n) is 8.51. The van der Waals surface area contributed by atoms with Crippen LogP contribution < -0.4 is 0 Å². The fraction of sp³-hybridized carbons (Fsp3) is 0.684. The molecule has 2 atom stereocenters. The third-order valence-corrected chi connectivity index (χ3v) is 5.52. The third-order valence-electron chi connectivity index (χ3n) is 5.16. The number of benzene rings is 1. The summed E-state index contributed by atoms with van der Waals surface area (Å²) < 4.78 is 0. The molecule has 1 aliphatic rings. The monoisotopic (exact) mass is 323 g/mol. The number of aliphatic hydroxyl groups is 1. The van der Waals surface area contributed by atoms with Crippen LogP contribution >= 0.6 is 11.6 Å². The summed E-state index contributed by atoms with van der Waals surface area (Å²) >= 11 is 5.72. The van der Waals surface area contributed by atoms with E-state index in [0.717, 1.165) is 19.4 Å². The lowest BCUT2D eigenvalue weighted by Crippen LogP contribution is -2.41. The molecule has 1 saturated heterocycles. The number of halogens is 1. The van der Waals surface area contributed by atoms with Crippen LogP contribution in [0.15, 0.2) is 30.3 Å². The second kappa shape index (κ2) is 8.33. The van der Waals surface area contributed by atoms with Gasteiger partial charge in [-0.15, -0.1) is 11.6 Å². The largest absolute Gasteiger partial charge is 0.392 e. The predicted octanol–water partition coefficient (Wildman–Crippen LogP) is 4.30. The number of alkyl halides is 1. The summed E-state index contributed by atoms with van der Waals surface area (Å²) in [7, 11) is 0. The van der Waals surface area contributed by atoms with E-state index in [1.54, 1.807) is 0 Å². The highest BCUT2D eigenvalue weighted by molar-refractivity contribution is 6.18. The minimum Gasteiger partial charge on any atom is -0.392 e. The quantitative estimate of drug-likeness (QED) is 0.756. The van der Waals surface area contributed by atoms with Crippen molar-refractivity contribution in [2.24, 2.45) is 11.3 Å². The molecule has 0 spiro atoms. The first-order valence-corrected chi connectivity index (χ1v) is 9.05. The average Bonchev–Trinajstić information content (AvgIpc) is 2.54. The van der Waals surface area contributed by atoms with Gasteiger partial charge in [-0.3, -0.25) is 4.90 Å². The molecule has 22 heavy (non-hydrogen) atoms. The van der Waals surface area contributed by atoms with Crippen molar-refractivity contribution in [1.82, 2.24) is 4.90 Å². The van der Waals surface area contributed by atoms with Gasteiger partial charge in [-0.2, -0.15) is 0 Å². The molecule has 1 heterocycles. The molecule has 124 valence electrons. The number of piperidine rings is 1. The summed E-state index contributed by atoms with van der Waals surface area (Å²) in [6, 6.07) is 10.7. The van der Waals surface area contributed by atoms with Crippen molar-refractivity contribution in [3.8, 4) is 0 Å². The maximum Gasteiger partial charge on any atom is 0.0675 e. The minimum atomic E-state index is -0.357. The first kappa shape index (κ1) is 17.8. The van der Waals surface area contributed by atoms with Gasteiger partial charge in [-0.1, -0.05) is 44.2 Å². The van der Waals surface area contributed by atoms with Crippen LogP contribution in [0.25, 0.3) is 0 Å². The lowest BCUT2D eigenvalue weighted by atomic mass is 9.71. The van der Waals surface area contributed by atoms with Crippen molar-refractivity contribution in [1.29, 1.82) is 0 Å². The topological polar surface area (TPSA) is 23.5 Å². The van der Waals surface area contributed by atoms with Gasteiger partial charge < -0.3 is 5.11 Å². The first-order chi connectivity index (χ1) is 10.5. The zero-order valence-electron chi connectivity index (χ0n) is 14.0. The summed E-state index contributed by atoms with van der Waals surface area (Å²) in [6.45, 7) is 8.12. The SMILES string of the molecule is CC(C)(CCC(O)CCl)C1CCCN(Cc2ccccc2)C1. The molecule has 0 aliphatic carbocycles. The van der Waals surface area contributed by atoms with E-state index < -0.39 is 0 Å². The molecule has 3 heteroatoms. The van der Waals surface area contributed by atoms with Crippen molar-refractivity contribution >= 4 is 11.6 Å². The van der Waals surface area contributed by atoms with Gasteiger partial charge in [-0.05, 0) is 49.1 Å². The predicted molar refractivity (Wildman–Crippen MR) is 94.2 cm³/mol. The Labute approximate surface area is 140 Å². The Hall–Kier alpha value is -0.570. The van der Waals surface area contributed by atoms with Gasteiger partial charge in [0.15, 0.2) is 0 Å². The zero-order chi connectivity index (χ0) is 16.0. The van der Waals surface area contributed by atoms with E-state index in [2.05, 4.69) is 49.1 Å². The molecule has 0 bridgehead atoms. The molecular weight excluding hydrogens is 294 g/mol. The Morgan fingerprint density at radius 1 is 1.32 bits per heavy atom. The van der Waals surface area contributed by atoms with Gasteiger partial charge in [0.1, 0.15) is 0 Å². The molecule has 1 N–H and O–H groups in total. The van der Waals surface area contributed by atoms with E-state index in [4.69, 9.17) is 11.6 Å². The van der Waals surface area contributed by atoms with Gasteiger partial charge in [0, 0.05) is 19.0 Å². The summed E-state index contributed by atoms with van der Waals surface area (Å²) in [4.78, 5) is 2.59. The minimum absolute atomic E-state index is 0.266. The van der Waals surface area contributed by atoms with Crippen molar-refractivity contribution < 1.29 is 5.11 Å². The lowest BCUT2D eigenvalue weighted by molar-refractivity contribution is 0.0643. The van der Waals surface area contributed by atoms with Crippen LogP contribution in [0, 0.1) is 11.3 Å². The normalized spacial score (nSPS) is 21.7. The van der Waals surface area contributed by atoms with Crippen molar-refractivity contribution in [3.05, 3.63) is 35.9 Å². The van der Waals surface area contributed by atoms with Crippen LogP contribution in [0.4, 0.5) is 0 Å². The summed E-state index contributed by atoms with van der Waals surface area (Å²) in [6.07, 6.45) is 4.08. The standard InChI is InChI=1S/C19H30ClNO/c1-19(2,11-10-18(22)13-20)17-9-6-12-21(15-17)14-16-7-4-3-5-8-16/h3-5,7-8,17-18,22H,6,9-15H2,1-2H3. The Bertz CT molecular complexity index is 434. The smallest absolute Gasteiger partial charge is 0.0675 e. The molecule has 1 fully saturated rings. The van der Waals surface area contributed by atoms with Gasteiger partial charge in [0.2, 0.25) is 0 Å². The third kappa shape index (κ3) is 5.26. The molecule has 2 nitrogen and oxygen atoms in total. The van der Waals surface area contributed by atoms with Crippen LogP contribution in [0.3, 0.4) is 0 Å². The van der Waals surface area contributed by atoms with Crippen LogP contribution in [0.1, 0.15) is 45.1 Å². The van der Waals surface area contributed by atoms with E-state index >= 15 is 0 Å². The number of hydrogen-bond donors (Lipinski definition) is 1. The zero-order valence-corrected chi connectivity index (χ0v) is 14.7. The van der Waals surface area contributed by atoms with Crippen LogP contribution in [-0.4, -0.2) is 35.1 Å². The molecule has 1 aromatic rings. The van der Waals surface area contributed by atoms with Gasteiger partial charge in [-0.25, -0.2) is 0 Å². The second-order valence-corrected chi connectivity index (χ2v) is 7.70. The van der Waals surface area contributed by atoms with Gasteiger partial charge in [0.25, 0.3) is 0 Å². The number of aliphatic hydroxyl groups excluding tert-OH is 1. The maximum absolute atomic E-state index is 9.72. The fourth-order valence-electron chi connectivity index (χ4n) is 3.50. The number of rotatable bonds is 7. The van der Waals surface area contributed by atoms with Crippen molar-refractivity contribution in [2.75, 3.05) is 19.0 Å². The van der Waals surface area contributed by atoms with Crippen molar-refractivity contribution in [2.45, 2.75) is 52.2 Å². The Morgan fingerprint density at radius 3 is 2.73 bits per heavy atom. The maximum atomic E-state index is 9.72. The molecule has 2 unspecified atom stereocenters. The van der Waals surface area contributed by atoms with Gasteiger partial charge >= 0.3 is 0 Å². The average molecular weight is 324 g/mol. The molecular formula is C19H30ClNO. The Balaban J connectivity index is 1.89. The highest BCUT2D eigenvalue weighted by Crippen LogP contribution is 2.38. The Morgan fingerprint density at radius 2 is 2.05 bits per heavy atom. The van der Waals surface area contributed by atoms with Crippen molar-refractivity contribution in [3.63, 3.8) is 0 Å². The van der Waals surface area contributed by atoms with Crippen LogP contribution in [0.5, 0.6) is 0 Å². The number of hydrogen-bond acceptors (Lipinski definition) is 2. The fourth-order valence-corrected chi connectivity index (χ4v) is 3.65. The van der Waals surface area contributed by atoms with Gasteiger partial charge in [0.05, 0.1) is 6.10 Å². The highest BCUT2D eigenvalue weighted by atomic mass is 35.5. The van der Waals surface area contributed by atoms with E-state index in [0.29, 0.717) is 11.8 Å². The van der Waals surface area contributed by atoms with Crippen LogP contribution in [0.2, 0.25) is 0 Å². The van der Waals surface area contributed by atoms with Crippen LogP contribution in [-0.2, 0) is 6.54 Å². The summed E-state index contributed by atoms with van der Waals surface area (Å²) in [5.74, 6) is 1.05. The highest BCUT2D eigenvalue weighted by Gasteiger charge is 2.33. The summed E-state index contributed by atoms with van der Waals surface area (Å²) in [5, 5.41) is 9.72. The molecule has 0 aromatic heterocycles. The van der Waals surface area contributed by atoms with E-state index in [-0.39, 0.29) is 11.5 Å². The number of likely N-dealkylation sites (tertiary alicyclic amines) is 1. The number of nitrogens with zero attached hydrogens (tertiary/aromatic N) is 1. The summed E-state index contributed by atoms with van der Waals surface area (Å²) in [5.41, 5.74) is 1.67. The van der Waals surface area contributed by atoms with E-state index in [1.165, 1.54) is 31.5 Å².